The lowest BCUT2D eigenvalue weighted by Crippen LogP contribution is -2.05. The molecule has 3 aromatic rings. The zero-order valence-electron chi connectivity index (χ0n) is 9.56. The minimum atomic E-state index is -0.831. The summed E-state index contributed by atoms with van der Waals surface area (Å²) in [5.41, 5.74) is -0.332. The lowest BCUT2D eigenvalue weighted by atomic mass is 10.2. The molecule has 0 unspecified atom stereocenters. The topological polar surface area (TPSA) is 43.1 Å². The van der Waals surface area contributed by atoms with Gasteiger partial charge in [-0.1, -0.05) is 12.1 Å². The van der Waals surface area contributed by atoms with Crippen LogP contribution in [-0.4, -0.2) is 4.98 Å². The summed E-state index contributed by atoms with van der Waals surface area (Å²) in [6, 6.07) is 9.58. The minimum absolute atomic E-state index is 0.0393. The lowest BCUT2D eigenvalue weighted by molar-refractivity contribution is 0.512. The Morgan fingerprint density at radius 2 is 1.84 bits per heavy atom. The predicted octanol–water partition coefficient (Wildman–Crippen LogP) is 3.13. The smallest absolute Gasteiger partial charge is 0.350 e. The van der Waals surface area contributed by atoms with Crippen molar-refractivity contribution in [2.45, 2.75) is 0 Å². The van der Waals surface area contributed by atoms with E-state index < -0.39 is 17.3 Å². The molecule has 94 valence electrons. The van der Waals surface area contributed by atoms with E-state index in [1.54, 1.807) is 6.07 Å². The Hall–Kier alpha value is -2.56. The fraction of sp³-hybridized carbons (Fsp3) is 0. The van der Waals surface area contributed by atoms with Crippen molar-refractivity contribution in [2.24, 2.45) is 0 Å². The molecule has 5 heteroatoms. The van der Waals surface area contributed by atoms with E-state index in [4.69, 9.17) is 4.42 Å². The van der Waals surface area contributed by atoms with E-state index in [1.807, 2.05) is 0 Å². The first-order valence-electron chi connectivity index (χ1n) is 5.50. The Kier molecular flexibility index (Phi) is 2.59. The third-order valence-corrected chi connectivity index (χ3v) is 2.68. The second kappa shape index (κ2) is 4.28. The zero-order valence-corrected chi connectivity index (χ0v) is 9.56. The van der Waals surface area contributed by atoms with Gasteiger partial charge in [0.05, 0.1) is 5.52 Å². The molecule has 0 bridgehead atoms. The van der Waals surface area contributed by atoms with Crippen molar-refractivity contribution >= 4 is 10.9 Å². The monoisotopic (exact) mass is 259 g/mol. The number of aromatic nitrogens is 1. The summed E-state index contributed by atoms with van der Waals surface area (Å²) in [4.78, 5) is 15.8. The molecule has 0 fully saturated rings. The lowest BCUT2D eigenvalue weighted by Gasteiger charge is -2.02. The maximum Gasteiger partial charge on any atom is 0.350 e. The van der Waals surface area contributed by atoms with Crippen LogP contribution in [0.15, 0.2) is 51.7 Å². The quantitative estimate of drug-likeness (QED) is 0.674. The summed E-state index contributed by atoms with van der Waals surface area (Å²) in [6.07, 6.45) is 0. The fourth-order valence-electron chi connectivity index (χ4n) is 1.82. The molecule has 0 saturated heterocycles. The first kappa shape index (κ1) is 11.5. The van der Waals surface area contributed by atoms with Gasteiger partial charge in [0.1, 0.15) is 17.0 Å². The maximum atomic E-state index is 13.5. The summed E-state index contributed by atoms with van der Waals surface area (Å²) >= 11 is 0. The number of rotatable bonds is 1. The van der Waals surface area contributed by atoms with Gasteiger partial charge in [-0.25, -0.2) is 18.6 Å². The van der Waals surface area contributed by atoms with E-state index in [9.17, 15) is 13.6 Å². The molecule has 0 atom stereocenters. The Morgan fingerprint density at radius 1 is 1.05 bits per heavy atom. The summed E-state index contributed by atoms with van der Waals surface area (Å²) in [6.45, 7) is 0. The minimum Gasteiger partial charge on any atom is -0.403 e. The van der Waals surface area contributed by atoms with E-state index >= 15 is 0 Å². The Morgan fingerprint density at radius 3 is 2.63 bits per heavy atom. The van der Waals surface area contributed by atoms with E-state index in [0.717, 1.165) is 6.07 Å². The van der Waals surface area contributed by atoms with Crippen molar-refractivity contribution < 1.29 is 13.2 Å². The van der Waals surface area contributed by atoms with Gasteiger partial charge in [-0.15, -0.1) is 0 Å². The van der Waals surface area contributed by atoms with E-state index in [0.29, 0.717) is 5.56 Å². The van der Waals surface area contributed by atoms with Crippen LogP contribution >= 0.6 is 0 Å². The van der Waals surface area contributed by atoms with Crippen molar-refractivity contribution in [1.29, 1.82) is 0 Å². The molecule has 0 aliphatic carbocycles. The molecule has 1 aromatic heterocycles. The van der Waals surface area contributed by atoms with Gasteiger partial charge < -0.3 is 4.42 Å². The second-order valence-electron chi connectivity index (χ2n) is 3.95. The number of halogens is 2. The molecule has 1 heterocycles. The molecule has 19 heavy (non-hydrogen) atoms. The average molecular weight is 259 g/mol. The van der Waals surface area contributed by atoms with Gasteiger partial charge in [0.15, 0.2) is 0 Å². The normalized spacial score (nSPS) is 10.8. The van der Waals surface area contributed by atoms with Gasteiger partial charge in [-0.2, -0.15) is 0 Å². The molecule has 0 amide bonds. The first-order valence-corrected chi connectivity index (χ1v) is 5.50. The van der Waals surface area contributed by atoms with Crippen LogP contribution in [0.4, 0.5) is 8.78 Å². The highest BCUT2D eigenvalue weighted by Gasteiger charge is 2.12. The SMILES string of the molecule is O=c1oc(-c2cccc(F)c2)nc2cccc(F)c12. The van der Waals surface area contributed by atoms with Crippen LogP contribution in [-0.2, 0) is 0 Å². The van der Waals surface area contributed by atoms with Crippen LogP contribution in [0.5, 0.6) is 0 Å². The predicted molar refractivity (Wildman–Crippen MR) is 65.6 cm³/mol. The summed E-state index contributed by atoms with van der Waals surface area (Å²) in [5, 5.41) is -0.206. The van der Waals surface area contributed by atoms with Gasteiger partial charge in [0.2, 0.25) is 5.89 Å². The van der Waals surface area contributed by atoms with Crippen molar-refractivity contribution in [3.63, 3.8) is 0 Å². The van der Waals surface area contributed by atoms with Crippen molar-refractivity contribution in [2.75, 3.05) is 0 Å². The van der Waals surface area contributed by atoms with E-state index in [2.05, 4.69) is 4.98 Å². The van der Waals surface area contributed by atoms with Crippen LogP contribution in [0, 0.1) is 11.6 Å². The summed E-state index contributed by atoms with van der Waals surface area (Å²) < 4.78 is 31.5. The second-order valence-corrected chi connectivity index (χ2v) is 3.95. The van der Waals surface area contributed by atoms with Crippen LogP contribution in [0.25, 0.3) is 22.4 Å². The van der Waals surface area contributed by atoms with Crippen LogP contribution in [0.2, 0.25) is 0 Å². The number of fused-ring (bicyclic) bond motifs is 1. The molecule has 0 N–H and O–H groups in total. The Balaban J connectivity index is 2.30. The van der Waals surface area contributed by atoms with Crippen molar-refractivity contribution in [1.82, 2.24) is 4.98 Å². The number of nitrogens with zero attached hydrogens (tertiary/aromatic N) is 1. The Labute approximate surface area is 106 Å². The number of hydrogen-bond donors (Lipinski definition) is 0. The highest BCUT2D eigenvalue weighted by molar-refractivity contribution is 5.79. The molecule has 0 radical (unpaired) electrons. The molecule has 3 nitrogen and oxygen atoms in total. The first-order chi connectivity index (χ1) is 9.15. The summed E-state index contributed by atoms with van der Waals surface area (Å²) in [5.74, 6) is -1.20. The largest absolute Gasteiger partial charge is 0.403 e. The maximum absolute atomic E-state index is 13.5. The van der Waals surface area contributed by atoms with Gasteiger partial charge in [0, 0.05) is 5.56 Å². The molecule has 0 aliphatic heterocycles. The molecule has 2 aromatic carbocycles. The molecule has 0 aliphatic rings. The van der Waals surface area contributed by atoms with Crippen LogP contribution in [0.1, 0.15) is 0 Å². The van der Waals surface area contributed by atoms with Crippen LogP contribution in [0.3, 0.4) is 0 Å². The fourth-order valence-corrected chi connectivity index (χ4v) is 1.82. The third-order valence-electron chi connectivity index (χ3n) is 2.68. The summed E-state index contributed by atoms with van der Waals surface area (Å²) in [7, 11) is 0. The molecular formula is C14H7F2NO2. The van der Waals surface area contributed by atoms with E-state index in [-0.39, 0.29) is 16.8 Å². The molecule has 3 rings (SSSR count). The molecule has 0 spiro atoms. The number of hydrogen-bond acceptors (Lipinski definition) is 3. The Bertz CT molecular complexity index is 827. The highest BCUT2D eigenvalue weighted by Crippen LogP contribution is 2.20. The van der Waals surface area contributed by atoms with E-state index in [1.165, 1.54) is 30.3 Å². The standard InChI is InChI=1S/C14H7F2NO2/c15-9-4-1-3-8(7-9)13-17-11-6-2-5-10(16)12(11)14(18)19-13/h1-7H. The molecule has 0 saturated carbocycles. The third kappa shape index (κ3) is 1.99. The van der Waals surface area contributed by atoms with Crippen LogP contribution < -0.4 is 5.63 Å². The number of benzene rings is 2. The van der Waals surface area contributed by atoms with Crippen molar-refractivity contribution in [3.05, 3.63) is 64.5 Å². The highest BCUT2D eigenvalue weighted by atomic mass is 19.1. The zero-order chi connectivity index (χ0) is 13.4. The molecular weight excluding hydrogens is 252 g/mol. The van der Waals surface area contributed by atoms with Gasteiger partial charge in [-0.3, -0.25) is 0 Å². The average Bonchev–Trinajstić information content (AvgIpc) is 2.38. The van der Waals surface area contributed by atoms with Crippen molar-refractivity contribution in [3.8, 4) is 11.5 Å². The van der Waals surface area contributed by atoms with Gasteiger partial charge in [-0.05, 0) is 30.3 Å². The van der Waals surface area contributed by atoms with Gasteiger partial charge >= 0.3 is 5.63 Å². The van der Waals surface area contributed by atoms with Gasteiger partial charge in [0.25, 0.3) is 0 Å².